The van der Waals surface area contributed by atoms with E-state index >= 15 is 0 Å². The van der Waals surface area contributed by atoms with Crippen LogP contribution in [-0.2, 0) is 4.79 Å². The van der Waals surface area contributed by atoms with Crippen molar-refractivity contribution < 1.29 is 9.59 Å². The zero-order valence-electron chi connectivity index (χ0n) is 12.1. The van der Waals surface area contributed by atoms with Gasteiger partial charge < -0.3 is 15.5 Å². The Morgan fingerprint density at radius 1 is 1.10 bits per heavy atom. The van der Waals surface area contributed by atoms with E-state index in [4.69, 9.17) is 5.73 Å². The van der Waals surface area contributed by atoms with Crippen LogP contribution in [0.3, 0.4) is 0 Å². The summed E-state index contributed by atoms with van der Waals surface area (Å²) in [6.45, 7) is 4.22. The number of carbonyl (C=O) groups excluding carboxylic acids is 2. The van der Waals surface area contributed by atoms with E-state index in [1.807, 2.05) is 12.1 Å². The Labute approximate surface area is 124 Å². The molecule has 2 amide bonds. The van der Waals surface area contributed by atoms with Crippen LogP contribution in [0.15, 0.2) is 24.3 Å². The average Bonchev–Trinajstić information content (AvgIpc) is 2.53. The maximum atomic E-state index is 12.4. The highest BCUT2D eigenvalue weighted by Gasteiger charge is 2.22. The number of carbonyl (C=O) groups is 2. The van der Waals surface area contributed by atoms with Crippen molar-refractivity contribution in [1.29, 1.82) is 0 Å². The van der Waals surface area contributed by atoms with E-state index < -0.39 is 0 Å². The fraction of sp³-hybridized carbons (Fsp3) is 0.375. The van der Waals surface area contributed by atoms with Gasteiger partial charge in [-0.1, -0.05) is 11.8 Å². The van der Waals surface area contributed by atoms with Crippen LogP contribution >= 0.6 is 0 Å². The van der Waals surface area contributed by atoms with E-state index in [-0.39, 0.29) is 11.8 Å². The molecule has 5 nitrogen and oxygen atoms in total. The molecule has 1 aromatic rings. The Bertz CT molecular complexity index is 576. The smallest absolute Gasteiger partial charge is 0.253 e. The number of piperazine rings is 1. The summed E-state index contributed by atoms with van der Waals surface area (Å²) in [5.41, 5.74) is 6.81. The minimum atomic E-state index is -0.00321. The Morgan fingerprint density at radius 2 is 1.67 bits per heavy atom. The van der Waals surface area contributed by atoms with E-state index in [9.17, 15) is 9.59 Å². The zero-order valence-corrected chi connectivity index (χ0v) is 12.1. The molecule has 1 aliphatic heterocycles. The summed E-state index contributed by atoms with van der Waals surface area (Å²) in [5, 5.41) is 0. The van der Waals surface area contributed by atoms with Gasteiger partial charge in [-0.15, -0.1) is 0 Å². The number of nitrogens with zero attached hydrogens (tertiary/aromatic N) is 2. The molecule has 5 heteroatoms. The Hall–Kier alpha value is -2.32. The van der Waals surface area contributed by atoms with Crippen LogP contribution < -0.4 is 5.73 Å². The summed E-state index contributed by atoms with van der Waals surface area (Å²) in [5.74, 6) is 5.76. The molecule has 0 aromatic heterocycles. The summed E-state index contributed by atoms with van der Waals surface area (Å²) in [4.78, 5) is 27.2. The summed E-state index contributed by atoms with van der Waals surface area (Å²) in [6.07, 6.45) is 0. The third-order valence-corrected chi connectivity index (χ3v) is 3.48. The van der Waals surface area contributed by atoms with Gasteiger partial charge in [0.1, 0.15) is 0 Å². The van der Waals surface area contributed by atoms with Crippen molar-refractivity contribution in [3.05, 3.63) is 35.4 Å². The first-order chi connectivity index (χ1) is 10.1. The zero-order chi connectivity index (χ0) is 15.2. The number of hydrogen-bond donors (Lipinski definition) is 1. The van der Waals surface area contributed by atoms with E-state index in [2.05, 4.69) is 11.8 Å². The maximum Gasteiger partial charge on any atom is 0.253 e. The molecule has 0 bridgehead atoms. The fourth-order valence-electron chi connectivity index (χ4n) is 2.26. The quantitative estimate of drug-likeness (QED) is 0.755. The molecule has 1 fully saturated rings. The Kier molecular flexibility index (Phi) is 4.96. The standard InChI is InChI=1S/C16H19N3O2/c1-13(20)18-9-11-19(12-10-18)16(21)15-6-4-14(5-7-15)3-2-8-17/h4-7H,8-12,17H2,1H3. The summed E-state index contributed by atoms with van der Waals surface area (Å²) >= 11 is 0. The molecule has 0 saturated carbocycles. The summed E-state index contributed by atoms with van der Waals surface area (Å²) in [6, 6.07) is 7.20. The Morgan fingerprint density at radius 3 is 2.19 bits per heavy atom. The molecule has 1 aromatic carbocycles. The molecule has 21 heavy (non-hydrogen) atoms. The largest absolute Gasteiger partial charge is 0.339 e. The van der Waals surface area contributed by atoms with Gasteiger partial charge >= 0.3 is 0 Å². The average molecular weight is 285 g/mol. The first-order valence-corrected chi connectivity index (χ1v) is 6.95. The first-order valence-electron chi connectivity index (χ1n) is 6.95. The van der Waals surface area contributed by atoms with Gasteiger partial charge in [-0.2, -0.15) is 0 Å². The molecule has 1 saturated heterocycles. The lowest BCUT2D eigenvalue weighted by Crippen LogP contribution is -2.50. The highest BCUT2D eigenvalue weighted by molar-refractivity contribution is 5.94. The molecule has 0 atom stereocenters. The van der Waals surface area contributed by atoms with Crippen LogP contribution in [0.4, 0.5) is 0 Å². The van der Waals surface area contributed by atoms with Crippen LogP contribution in [0.1, 0.15) is 22.8 Å². The van der Waals surface area contributed by atoms with E-state index in [1.54, 1.807) is 28.9 Å². The second kappa shape index (κ2) is 6.91. The van der Waals surface area contributed by atoms with Crippen molar-refractivity contribution in [1.82, 2.24) is 9.80 Å². The molecule has 0 aliphatic carbocycles. The summed E-state index contributed by atoms with van der Waals surface area (Å²) < 4.78 is 0. The lowest BCUT2D eigenvalue weighted by Gasteiger charge is -2.34. The number of nitrogens with two attached hydrogens (primary N) is 1. The molecular formula is C16H19N3O2. The molecule has 0 unspecified atom stereocenters. The van der Waals surface area contributed by atoms with Crippen LogP contribution in [-0.4, -0.2) is 54.3 Å². The van der Waals surface area contributed by atoms with Crippen molar-refractivity contribution in [2.75, 3.05) is 32.7 Å². The number of benzene rings is 1. The van der Waals surface area contributed by atoms with E-state index in [1.165, 1.54) is 0 Å². The second-order valence-corrected chi connectivity index (χ2v) is 4.88. The molecule has 110 valence electrons. The third kappa shape index (κ3) is 3.83. The van der Waals surface area contributed by atoms with Crippen LogP contribution in [0.25, 0.3) is 0 Å². The predicted octanol–water partition coefficient (Wildman–Crippen LogP) is 0.301. The lowest BCUT2D eigenvalue weighted by molar-refractivity contribution is -0.130. The van der Waals surface area contributed by atoms with Gasteiger partial charge in [0, 0.05) is 44.2 Å². The van der Waals surface area contributed by atoms with Gasteiger partial charge in [-0.25, -0.2) is 0 Å². The van der Waals surface area contributed by atoms with Gasteiger partial charge in [0.15, 0.2) is 0 Å². The molecule has 0 spiro atoms. The van der Waals surface area contributed by atoms with Crippen molar-refractivity contribution in [2.24, 2.45) is 5.73 Å². The molecular weight excluding hydrogens is 266 g/mol. The maximum absolute atomic E-state index is 12.4. The molecule has 0 radical (unpaired) electrons. The third-order valence-electron chi connectivity index (χ3n) is 3.48. The monoisotopic (exact) mass is 285 g/mol. The predicted molar refractivity (Wildman–Crippen MR) is 80.5 cm³/mol. The van der Waals surface area contributed by atoms with Crippen LogP contribution in [0.5, 0.6) is 0 Å². The van der Waals surface area contributed by atoms with Crippen molar-refractivity contribution >= 4 is 11.8 Å². The number of amides is 2. The topological polar surface area (TPSA) is 66.6 Å². The molecule has 2 rings (SSSR count). The second-order valence-electron chi connectivity index (χ2n) is 4.88. The normalized spacial score (nSPS) is 14.4. The van der Waals surface area contributed by atoms with Gasteiger partial charge in [0.25, 0.3) is 5.91 Å². The minimum absolute atomic E-state index is 0.00321. The van der Waals surface area contributed by atoms with E-state index in [0.717, 1.165) is 5.56 Å². The highest BCUT2D eigenvalue weighted by Crippen LogP contribution is 2.10. The first kappa shape index (κ1) is 15.1. The van der Waals surface area contributed by atoms with Crippen molar-refractivity contribution in [3.8, 4) is 11.8 Å². The van der Waals surface area contributed by atoms with Gasteiger partial charge in [-0.3, -0.25) is 9.59 Å². The number of hydrogen-bond acceptors (Lipinski definition) is 3. The molecule has 2 N–H and O–H groups in total. The number of rotatable bonds is 1. The van der Waals surface area contributed by atoms with Crippen LogP contribution in [0, 0.1) is 11.8 Å². The van der Waals surface area contributed by atoms with Gasteiger partial charge in [-0.05, 0) is 24.3 Å². The lowest BCUT2D eigenvalue weighted by atomic mass is 10.1. The Balaban J connectivity index is 1.99. The minimum Gasteiger partial charge on any atom is -0.339 e. The highest BCUT2D eigenvalue weighted by atomic mass is 16.2. The van der Waals surface area contributed by atoms with Crippen LogP contribution in [0.2, 0.25) is 0 Å². The van der Waals surface area contributed by atoms with Crippen molar-refractivity contribution in [2.45, 2.75) is 6.92 Å². The van der Waals surface area contributed by atoms with Gasteiger partial charge in [0.2, 0.25) is 5.91 Å². The molecule has 1 aliphatic rings. The van der Waals surface area contributed by atoms with Crippen molar-refractivity contribution in [3.63, 3.8) is 0 Å². The van der Waals surface area contributed by atoms with E-state index in [0.29, 0.717) is 38.3 Å². The summed E-state index contributed by atoms with van der Waals surface area (Å²) in [7, 11) is 0. The molecule has 1 heterocycles. The SMILES string of the molecule is CC(=O)N1CCN(C(=O)c2ccc(C#CCN)cc2)CC1. The van der Waals surface area contributed by atoms with Gasteiger partial charge in [0.05, 0.1) is 6.54 Å². The fourth-order valence-corrected chi connectivity index (χ4v) is 2.26.